The SMILES string of the molecule is CCc1ccc(C(C)NC(=O)COC(=O)CCC(=O)c2ccc(F)cc2)cc1. The second-order valence-corrected chi connectivity index (χ2v) is 6.48. The number of hydrogen-bond donors (Lipinski definition) is 1. The third-order valence-corrected chi connectivity index (χ3v) is 4.35. The van der Waals surface area contributed by atoms with E-state index in [1.807, 2.05) is 31.2 Å². The maximum absolute atomic E-state index is 12.8. The molecule has 5 nitrogen and oxygen atoms in total. The summed E-state index contributed by atoms with van der Waals surface area (Å²) in [5, 5.41) is 2.77. The molecular weight excluding hydrogens is 361 g/mol. The highest BCUT2D eigenvalue weighted by molar-refractivity contribution is 5.97. The first kappa shape index (κ1) is 21.3. The summed E-state index contributed by atoms with van der Waals surface area (Å²) in [5.74, 6) is -1.76. The van der Waals surface area contributed by atoms with Crippen LogP contribution in [0, 0.1) is 5.82 Å². The molecule has 148 valence electrons. The highest BCUT2D eigenvalue weighted by Gasteiger charge is 2.14. The minimum Gasteiger partial charge on any atom is -0.456 e. The van der Waals surface area contributed by atoms with Gasteiger partial charge in [-0.2, -0.15) is 0 Å². The third-order valence-electron chi connectivity index (χ3n) is 4.35. The molecule has 2 rings (SSSR count). The number of esters is 1. The summed E-state index contributed by atoms with van der Waals surface area (Å²) >= 11 is 0. The number of halogens is 1. The number of carbonyl (C=O) groups excluding carboxylic acids is 3. The van der Waals surface area contributed by atoms with Crippen molar-refractivity contribution >= 4 is 17.7 Å². The van der Waals surface area contributed by atoms with Gasteiger partial charge < -0.3 is 10.1 Å². The van der Waals surface area contributed by atoms with Gasteiger partial charge in [0.15, 0.2) is 12.4 Å². The van der Waals surface area contributed by atoms with Gasteiger partial charge in [0.25, 0.3) is 5.91 Å². The Hall–Kier alpha value is -3.02. The van der Waals surface area contributed by atoms with Gasteiger partial charge in [-0.15, -0.1) is 0 Å². The van der Waals surface area contributed by atoms with E-state index < -0.39 is 24.3 Å². The molecule has 0 saturated heterocycles. The molecule has 1 N–H and O–H groups in total. The Morgan fingerprint density at radius 3 is 2.25 bits per heavy atom. The molecular formula is C22H24FNO4. The molecule has 6 heteroatoms. The first-order valence-corrected chi connectivity index (χ1v) is 9.21. The van der Waals surface area contributed by atoms with Crippen LogP contribution in [0.2, 0.25) is 0 Å². The Bertz CT molecular complexity index is 815. The van der Waals surface area contributed by atoms with E-state index in [1.54, 1.807) is 0 Å². The lowest BCUT2D eigenvalue weighted by Crippen LogP contribution is -2.31. The number of rotatable bonds is 9. The van der Waals surface area contributed by atoms with Crippen LogP contribution >= 0.6 is 0 Å². The van der Waals surface area contributed by atoms with Crippen LogP contribution in [0.4, 0.5) is 4.39 Å². The highest BCUT2D eigenvalue weighted by Crippen LogP contribution is 2.13. The summed E-state index contributed by atoms with van der Waals surface area (Å²) in [4.78, 5) is 35.6. The molecule has 0 aliphatic heterocycles. The van der Waals surface area contributed by atoms with E-state index in [4.69, 9.17) is 4.74 Å². The maximum atomic E-state index is 12.8. The number of aryl methyl sites for hydroxylation is 1. The lowest BCUT2D eigenvalue weighted by atomic mass is 10.1. The molecule has 1 amide bonds. The number of nitrogens with one attached hydrogen (secondary N) is 1. The number of ether oxygens (including phenoxy) is 1. The van der Waals surface area contributed by atoms with Crippen LogP contribution in [-0.2, 0) is 20.7 Å². The number of carbonyl (C=O) groups is 3. The van der Waals surface area contributed by atoms with Crippen molar-refractivity contribution in [2.24, 2.45) is 0 Å². The summed E-state index contributed by atoms with van der Waals surface area (Å²) in [7, 11) is 0. The zero-order chi connectivity index (χ0) is 20.5. The van der Waals surface area contributed by atoms with Gasteiger partial charge in [0.05, 0.1) is 12.5 Å². The van der Waals surface area contributed by atoms with Crippen LogP contribution in [0.1, 0.15) is 54.2 Å². The molecule has 0 saturated carbocycles. The fraction of sp³-hybridized carbons (Fsp3) is 0.318. The lowest BCUT2D eigenvalue weighted by Gasteiger charge is -2.15. The van der Waals surface area contributed by atoms with E-state index in [1.165, 1.54) is 29.8 Å². The summed E-state index contributed by atoms with van der Waals surface area (Å²) in [6.07, 6.45) is 0.740. The fourth-order valence-electron chi connectivity index (χ4n) is 2.62. The van der Waals surface area contributed by atoms with E-state index in [0.29, 0.717) is 5.56 Å². The lowest BCUT2D eigenvalue weighted by molar-refractivity contribution is -0.148. The van der Waals surface area contributed by atoms with E-state index in [9.17, 15) is 18.8 Å². The molecule has 0 spiro atoms. The van der Waals surface area contributed by atoms with Crippen LogP contribution in [0.5, 0.6) is 0 Å². The van der Waals surface area contributed by atoms with Gasteiger partial charge in [0.2, 0.25) is 0 Å². The molecule has 28 heavy (non-hydrogen) atoms. The third kappa shape index (κ3) is 6.61. The van der Waals surface area contributed by atoms with Gasteiger partial charge >= 0.3 is 5.97 Å². The topological polar surface area (TPSA) is 72.5 Å². The van der Waals surface area contributed by atoms with Gasteiger partial charge in [0.1, 0.15) is 5.82 Å². The first-order valence-electron chi connectivity index (χ1n) is 9.21. The Morgan fingerprint density at radius 1 is 1.00 bits per heavy atom. The monoisotopic (exact) mass is 385 g/mol. The number of benzene rings is 2. The van der Waals surface area contributed by atoms with Crippen LogP contribution in [-0.4, -0.2) is 24.3 Å². The summed E-state index contributed by atoms with van der Waals surface area (Å²) < 4.78 is 17.8. The zero-order valence-corrected chi connectivity index (χ0v) is 16.0. The number of hydrogen-bond acceptors (Lipinski definition) is 4. The predicted molar refractivity (Wildman–Crippen MR) is 103 cm³/mol. The van der Waals surface area contributed by atoms with Crippen LogP contribution in [0.25, 0.3) is 0 Å². The van der Waals surface area contributed by atoms with Crippen molar-refractivity contribution in [2.45, 2.75) is 39.2 Å². The molecule has 0 fully saturated rings. The van der Waals surface area contributed by atoms with Crippen LogP contribution < -0.4 is 5.32 Å². The minimum atomic E-state index is -0.634. The minimum absolute atomic E-state index is 0.0632. The molecule has 0 radical (unpaired) electrons. The Balaban J connectivity index is 1.71. The van der Waals surface area contributed by atoms with Crippen LogP contribution in [0.15, 0.2) is 48.5 Å². The predicted octanol–water partition coefficient (Wildman–Crippen LogP) is 3.77. The van der Waals surface area contributed by atoms with Gasteiger partial charge in [-0.05, 0) is 48.7 Å². The molecule has 0 aliphatic carbocycles. The van der Waals surface area contributed by atoms with Crippen molar-refractivity contribution in [2.75, 3.05) is 6.61 Å². The van der Waals surface area contributed by atoms with Gasteiger partial charge in [0, 0.05) is 12.0 Å². The van der Waals surface area contributed by atoms with Crippen LogP contribution in [0.3, 0.4) is 0 Å². The Morgan fingerprint density at radius 2 is 1.64 bits per heavy atom. The van der Waals surface area contributed by atoms with Gasteiger partial charge in [-0.1, -0.05) is 31.2 Å². The summed E-state index contributed by atoms with van der Waals surface area (Å²) in [6, 6.07) is 12.8. The molecule has 0 heterocycles. The molecule has 0 aromatic heterocycles. The quantitative estimate of drug-likeness (QED) is 0.527. The van der Waals surface area contributed by atoms with E-state index in [2.05, 4.69) is 12.2 Å². The summed E-state index contributed by atoms with van der Waals surface area (Å²) in [6.45, 7) is 3.52. The molecule has 1 atom stereocenters. The van der Waals surface area contributed by atoms with Crippen molar-refractivity contribution in [1.82, 2.24) is 5.32 Å². The molecule has 0 bridgehead atoms. The number of Topliss-reactive ketones (excluding diaryl/α,β-unsaturated/α-hetero) is 1. The molecule has 2 aromatic carbocycles. The number of ketones is 1. The van der Waals surface area contributed by atoms with E-state index >= 15 is 0 Å². The molecule has 1 unspecified atom stereocenters. The standard InChI is InChI=1S/C22H24FNO4/c1-3-16-4-6-17(7-5-16)15(2)24-21(26)14-28-22(27)13-12-20(25)18-8-10-19(23)11-9-18/h4-11,15H,3,12-14H2,1-2H3,(H,24,26). The average molecular weight is 385 g/mol. The van der Waals surface area contributed by atoms with Gasteiger partial charge in [-0.3, -0.25) is 14.4 Å². The Kier molecular flexibility index (Phi) is 7.87. The molecule has 0 aliphatic rings. The molecule has 2 aromatic rings. The summed E-state index contributed by atoms with van der Waals surface area (Å²) in [5.41, 5.74) is 2.50. The van der Waals surface area contributed by atoms with E-state index in [0.717, 1.165) is 12.0 Å². The van der Waals surface area contributed by atoms with Crippen molar-refractivity contribution in [3.63, 3.8) is 0 Å². The second kappa shape index (κ2) is 10.3. The highest BCUT2D eigenvalue weighted by atomic mass is 19.1. The zero-order valence-electron chi connectivity index (χ0n) is 16.0. The average Bonchev–Trinajstić information content (AvgIpc) is 2.71. The largest absolute Gasteiger partial charge is 0.456 e. The van der Waals surface area contributed by atoms with E-state index in [-0.39, 0.29) is 24.7 Å². The fourth-order valence-corrected chi connectivity index (χ4v) is 2.62. The maximum Gasteiger partial charge on any atom is 0.306 e. The Labute approximate surface area is 163 Å². The van der Waals surface area contributed by atoms with Crippen molar-refractivity contribution in [3.05, 3.63) is 71.0 Å². The van der Waals surface area contributed by atoms with Crippen molar-refractivity contribution in [3.8, 4) is 0 Å². The van der Waals surface area contributed by atoms with Gasteiger partial charge in [-0.25, -0.2) is 4.39 Å². The second-order valence-electron chi connectivity index (χ2n) is 6.48. The first-order chi connectivity index (χ1) is 13.4. The normalized spacial score (nSPS) is 11.5. The van der Waals surface area contributed by atoms with Crippen molar-refractivity contribution in [1.29, 1.82) is 0 Å². The van der Waals surface area contributed by atoms with Crippen molar-refractivity contribution < 1.29 is 23.5 Å². The number of amides is 1. The smallest absolute Gasteiger partial charge is 0.306 e.